The Morgan fingerprint density at radius 3 is 2.70 bits per heavy atom. The monoisotopic (exact) mass is 425 g/mol. The molecule has 1 amide bonds. The van der Waals surface area contributed by atoms with Crippen LogP contribution in [-0.2, 0) is 4.79 Å². The largest absolute Gasteiger partial charge is 0.478 e. The number of hydrogen-bond acceptors (Lipinski definition) is 6. The summed E-state index contributed by atoms with van der Waals surface area (Å²) in [5.41, 5.74) is 1.81. The maximum absolute atomic E-state index is 12.5. The second-order valence-electron chi connectivity index (χ2n) is 6.19. The molecule has 1 unspecified atom stereocenters. The fourth-order valence-electron chi connectivity index (χ4n) is 2.58. The van der Waals surface area contributed by atoms with E-state index in [9.17, 15) is 14.0 Å². The van der Waals surface area contributed by atoms with Crippen LogP contribution in [0.5, 0.6) is 5.75 Å². The van der Waals surface area contributed by atoms with Crippen molar-refractivity contribution in [2.75, 3.05) is 10.6 Å². The number of rotatable bonds is 3. The van der Waals surface area contributed by atoms with Gasteiger partial charge in [-0.05, 0) is 48.2 Å². The molecule has 0 spiro atoms. The molecular formula is C21H16FN3O4S. The minimum Gasteiger partial charge on any atom is -0.478 e. The van der Waals surface area contributed by atoms with Gasteiger partial charge in [0.1, 0.15) is 22.6 Å². The topological polar surface area (TPSA) is 111 Å². The fourth-order valence-corrected chi connectivity index (χ4v) is 3.36. The standard InChI is InChI=1S/C13H10N2O4S.C8H6FN/c16-10(15-12-7(13(17)18)5-6-20-12)11-14-8-3-1-2-4-9(8)19-11;1-6-2-3-8(9)7(4-6)5-10/h1-6,11,14H,(H,15,16)(H,17,18);2-4H,1H3. The zero-order chi connectivity index (χ0) is 21.7. The lowest BCUT2D eigenvalue weighted by Crippen LogP contribution is -2.35. The van der Waals surface area contributed by atoms with Gasteiger partial charge in [0.2, 0.25) is 6.23 Å². The summed E-state index contributed by atoms with van der Waals surface area (Å²) in [6, 6.07) is 14.9. The number of hydrogen-bond donors (Lipinski definition) is 3. The molecule has 3 N–H and O–H groups in total. The minimum absolute atomic E-state index is 0.0684. The van der Waals surface area contributed by atoms with E-state index < -0.39 is 23.9 Å². The maximum atomic E-state index is 12.5. The smallest absolute Gasteiger partial charge is 0.338 e. The predicted octanol–water partition coefficient (Wildman–Crippen LogP) is 4.22. The molecule has 0 aliphatic carbocycles. The third-order valence-electron chi connectivity index (χ3n) is 4.03. The Kier molecular flexibility index (Phi) is 6.29. The summed E-state index contributed by atoms with van der Waals surface area (Å²) < 4.78 is 18.0. The number of carbonyl (C=O) groups is 2. The van der Waals surface area contributed by atoms with Gasteiger partial charge in [-0.15, -0.1) is 11.3 Å². The van der Waals surface area contributed by atoms with E-state index in [2.05, 4.69) is 10.6 Å². The Morgan fingerprint density at radius 2 is 2.03 bits per heavy atom. The van der Waals surface area contributed by atoms with Crippen LogP contribution in [0.4, 0.5) is 15.1 Å². The van der Waals surface area contributed by atoms with Gasteiger partial charge in [-0.1, -0.05) is 18.2 Å². The number of carboxylic acid groups (broad SMARTS) is 1. The summed E-state index contributed by atoms with van der Waals surface area (Å²) in [7, 11) is 0. The van der Waals surface area contributed by atoms with Crippen molar-refractivity contribution in [3.8, 4) is 11.8 Å². The predicted molar refractivity (Wildman–Crippen MR) is 110 cm³/mol. The number of carboxylic acids is 1. The summed E-state index contributed by atoms with van der Waals surface area (Å²) in [6.45, 7) is 1.82. The van der Waals surface area contributed by atoms with Gasteiger partial charge in [0.25, 0.3) is 5.91 Å². The average Bonchev–Trinajstić information content (AvgIpc) is 3.37. The fraction of sp³-hybridized carbons (Fsp3) is 0.0952. The van der Waals surface area contributed by atoms with Gasteiger partial charge in [0, 0.05) is 0 Å². The highest BCUT2D eigenvalue weighted by Gasteiger charge is 2.29. The number of nitriles is 1. The minimum atomic E-state index is -1.08. The zero-order valence-electron chi connectivity index (χ0n) is 15.7. The number of carbonyl (C=O) groups excluding carboxylic acids is 1. The molecule has 30 heavy (non-hydrogen) atoms. The lowest BCUT2D eigenvalue weighted by molar-refractivity contribution is -0.121. The number of benzene rings is 2. The van der Waals surface area contributed by atoms with E-state index in [4.69, 9.17) is 15.1 Å². The molecule has 4 rings (SSSR count). The van der Waals surface area contributed by atoms with Crippen LogP contribution in [0.2, 0.25) is 0 Å². The lowest BCUT2D eigenvalue weighted by atomic mass is 10.1. The third-order valence-corrected chi connectivity index (χ3v) is 4.86. The Morgan fingerprint density at radius 1 is 1.27 bits per heavy atom. The van der Waals surface area contributed by atoms with Gasteiger partial charge in [0.15, 0.2) is 0 Å². The molecule has 1 aromatic heterocycles. The molecule has 7 nitrogen and oxygen atoms in total. The molecule has 3 aromatic rings. The molecule has 0 bridgehead atoms. The molecule has 0 saturated carbocycles. The summed E-state index contributed by atoms with van der Waals surface area (Å²) in [5, 5.41) is 24.7. The molecule has 2 heterocycles. The number of halogens is 1. The van der Waals surface area contributed by atoms with Crippen molar-refractivity contribution in [1.29, 1.82) is 5.26 Å². The molecule has 1 aliphatic rings. The van der Waals surface area contributed by atoms with Crippen LogP contribution in [0, 0.1) is 24.1 Å². The number of nitrogens with one attached hydrogen (secondary N) is 2. The number of amides is 1. The molecule has 9 heteroatoms. The van der Waals surface area contributed by atoms with E-state index in [1.807, 2.05) is 19.1 Å². The van der Waals surface area contributed by atoms with Gasteiger partial charge in [-0.2, -0.15) is 5.26 Å². The van der Waals surface area contributed by atoms with E-state index in [-0.39, 0.29) is 11.1 Å². The second-order valence-corrected chi connectivity index (χ2v) is 7.11. The van der Waals surface area contributed by atoms with E-state index in [1.54, 1.807) is 29.6 Å². The molecule has 1 atom stereocenters. The highest BCUT2D eigenvalue weighted by Crippen LogP contribution is 2.32. The highest BCUT2D eigenvalue weighted by atomic mass is 32.1. The van der Waals surface area contributed by atoms with Gasteiger partial charge < -0.3 is 20.5 Å². The number of nitrogens with zero attached hydrogens (tertiary/aromatic N) is 1. The maximum Gasteiger partial charge on any atom is 0.338 e. The number of ether oxygens (including phenoxy) is 1. The van der Waals surface area contributed by atoms with Crippen molar-refractivity contribution >= 4 is 33.9 Å². The quantitative estimate of drug-likeness (QED) is 0.579. The molecule has 152 valence electrons. The number of aromatic carboxylic acids is 1. The van der Waals surface area contributed by atoms with E-state index >= 15 is 0 Å². The first kappa shape index (κ1) is 20.8. The molecule has 0 fully saturated rings. The normalized spacial score (nSPS) is 13.6. The first-order valence-corrected chi connectivity index (χ1v) is 9.57. The van der Waals surface area contributed by atoms with Crippen molar-refractivity contribution in [3.63, 3.8) is 0 Å². The summed E-state index contributed by atoms with van der Waals surface area (Å²) in [5.74, 6) is -1.37. The molecule has 2 aromatic carbocycles. The zero-order valence-corrected chi connectivity index (χ0v) is 16.5. The van der Waals surface area contributed by atoms with Crippen molar-refractivity contribution in [2.24, 2.45) is 0 Å². The Hall–Kier alpha value is -3.90. The van der Waals surface area contributed by atoms with Crippen LogP contribution in [0.15, 0.2) is 53.9 Å². The summed E-state index contributed by atoms with van der Waals surface area (Å²) in [4.78, 5) is 23.0. The van der Waals surface area contributed by atoms with Crippen LogP contribution in [0.3, 0.4) is 0 Å². The van der Waals surface area contributed by atoms with Crippen molar-refractivity contribution in [3.05, 3.63) is 76.4 Å². The van der Waals surface area contributed by atoms with Crippen molar-refractivity contribution < 1.29 is 23.8 Å². The number of para-hydroxylation sites is 2. The van der Waals surface area contributed by atoms with Crippen LogP contribution in [0.1, 0.15) is 21.5 Å². The Balaban J connectivity index is 0.000000216. The summed E-state index contributed by atoms with van der Waals surface area (Å²) >= 11 is 1.15. The molecule has 0 radical (unpaired) electrons. The average molecular weight is 425 g/mol. The SMILES string of the molecule is Cc1ccc(F)c(C#N)c1.O=C(O)c1ccsc1NC(=O)C1Nc2ccccc2O1. The lowest BCUT2D eigenvalue weighted by Gasteiger charge is -2.11. The van der Waals surface area contributed by atoms with E-state index in [1.165, 1.54) is 18.2 Å². The van der Waals surface area contributed by atoms with Crippen LogP contribution >= 0.6 is 11.3 Å². The first-order valence-electron chi connectivity index (χ1n) is 8.69. The Labute approximate surface area is 175 Å². The van der Waals surface area contributed by atoms with Crippen LogP contribution < -0.4 is 15.4 Å². The number of aryl methyl sites for hydroxylation is 1. The van der Waals surface area contributed by atoms with Crippen molar-refractivity contribution in [1.82, 2.24) is 0 Å². The van der Waals surface area contributed by atoms with Gasteiger partial charge in [-0.25, -0.2) is 9.18 Å². The van der Waals surface area contributed by atoms with Gasteiger partial charge >= 0.3 is 5.97 Å². The van der Waals surface area contributed by atoms with Gasteiger partial charge in [0.05, 0.1) is 16.8 Å². The third kappa shape index (κ3) is 4.74. The highest BCUT2D eigenvalue weighted by molar-refractivity contribution is 7.14. The van der Waals surface area contributed by atoms with Gasteiger partial charge in [-0.3, -0.25) is 4.79 Å². The molecular weight excluding hydrogens is 409 g/mol. The Bertz CT molecular complexity index is 1110. The van der Waals surface area contributed by atoms with E-state index in [0.29, 0.717) is 10.8 Å². The second kappa shape index (κ2) is 9.07. The van der Waals surface area contributed by atoms with Crippen LogP contribution in [0.25, 0.3) is 0 Å². The summed E-state index contributed by atoms with van der Waals surface area (Å²) in [6.07, 6.45) is -0.865. The number of fused-ring (bicyclic) bond motifs is 1. The first-order chi connectivity index (χ1) is 14.4. The van der Waals surface area contributed by atoms with Crippen LogP contribution in [-0.4, -0.2) is 23.2 Å². The number of thiophene rings is 1. The molecule has 0 saturated heterocycles. The molecule has 1 aliphatic heterocycles. The van der Waals surface area contributed by atoms with Crippen molar-refractivity contribution in [2.45, 2.75) is 13.2 Å². The van der Waals surface area contributed by atoms with E-state index in [0.717, 1.165) is 22.6 Å². The number of anilines is 2.